The predicted octanol–water partition coefficient (Wildman–Crippen LogP) is 4.60. The number of nitrogens with one attached hydrogen (secondary N) is 2. The molecule has 5 nitrogen and oxygen atoms in total. The molecule has 1 aromatic heterocycles. The van der Waals surface area contributed by atoms with Gasteiger partial charge in [0.05, 0.1) is 0 Å². The summed E-state index contributed by atoms with van der Waals surface area (Å²) in [7, 11) is 0. The van der Waals surface area contributed by atoms with Crippen LogP contribution in [0.2, 0.25) is 5.02 Å². The van der Waals surface area contributed by atoms with Gasteiger partial charge in [0.15, 0.2) is 0 Å². The molecule has 0 saturated heterocycles. The van der Waals surface area contributed by atoms with E-state index in [1.165, 1.54) is 0 Å². The Morgan fingerprint density at radius 2 is 1.96 bits per heavy atom. The van der Waals surface area contributed by atoms with Crippen molar-refractivity contribution in [3.63, 3.8) is 0 Å². The van der Waals surface area contributed by atoms with Gasteiger partial charge in [0.1, 0.15) is 5.69 Å². The smallest absolute Gasteiger partial charge is 0.274 e. The van der Waals surface area contributed by atoms with Crippen LogP contribution in [0.3, 0.4) is 0 Å². The monoisotopic (exact) mass is 346 g/mol. The third-order valence-electron chi connectivity index (χ3n) is 3.59. The molecule has 2 N–H and O–H groups in total. The van der Waals surface area contributed by atoms with E-state index in [0.717, 1.165) is 42.8 Å². The molecule has 0 saturated carbocycles. The lowest BCUT2D eigenvalue weighted by atomic mass is 10.2. The molecule has 0 unspecified atom stereocenters. The van der Waals surface area contributed by atoms with Crippen LogP contribution in [0.15, 0.2) is 24.3 Å². The number of benzene rings is 1. The van der Waals surface area contributed by atoms with Gasteiger partial charge in [0, 0.05) is 22.9 Å². The van der Waals surface area contributed by atoms with E-state index < -0.39 is 0 Å². The van der Waals surface area contributed by atoms with E-state index in [1.807, 2.05) is 19.9 Å². The molecule has 2 aromatic rings. The Kier molecular flexibility index (Phi) is 6.55. The third-order valence-corrected chi connectivity index (χ3v) is 3.82. The molecule has 0 atom stereocenters. The molecule has 1 heterocycles. The zero-order chi connectivity index (χ0) is 17.5. The fourth-order valence-corrected chi connectivity index (χ4v) is 2.52. The average molecular weight is 347 g/mol. The summed E-state index contributed by atoms with van der Waals surface area (Å²) in [4.78, 5) is 21.1. The van der Waals surface area contributed by atoms with E-state index in [-0.39, 0.29) is 5.91 Å². The second kappa shape index (κ2) is 8.64. The highest BCUT2D eigenvalue weighted by Gasteiger charge is 2.12. The first-order valence-corrected chi connectivity index (χ1v) is 8.54. The van der Waals surface area contributed by atoms with Crippen LogP contribution in [0.5, 0.6) is 0 Å². The lowest BCUT2D eigenvalue weighted by molar-refractivity contribution is 0.102. The first kappa shape index (κ1) is 18.2. The molecule has 0 spiro atoms. The van der Waals surface area contributed by atoms with Crippen LogP contribution in [0.4, 0.5) is 11.6 Å². The van der Waals surface area contributed by atoms with Gasteiger partial charge in [-0.3, -0.25) is 4.79 Å². The van der Waals surface area contributed by atoms with Crippen LogP contribution < -0.4 is 10.6 Å². The summed E-state index contributed by atoms with van der Waals surface area (Å²) in [5, 5.41) is 6.69. The third kappa shape index (κ3) is 5.20. The Morgan fingerprint density at radius 1 is 1.17 bits per heavy atom. The van der Waals surface area contributed by atoms with Crippen molar-refractivity contribution in [2.45, 2.75) is 40.0 Å². The predicted molar refractivity (Wildman–Crippen MR) is 98.9 cm³/mol. The van der Waals surface area contributed by atoms with E-state index in [9.17, 15) is 4.79 Å². The van der Waals surface area contributed by atoms with E-state index in [2.05, 4.69) is 27.5 Å². The lowest BCUT2D eigenvalue weighted by Crippen LogP contribution is -2.17. The normalized spacial score (nSPS) is 10.5. The van der Waals surface area contributed by atoms with Crippen molar-refractivity contribution in [2.75, 3.05) is 17.2 Å². The van der Waals surface area contributed by atoms with Gasteiger partial charge >= 0.3 is 0 Å². The molecule has 128 valence electrons. The minimum Gasteiger partial charge on any atom is -0.354 e. The van der Waals surface area contributed by atoms with Gasteiger partial charge in [-0.2, -0.15) is 0 Å². The number of carbonyl (C=O) groups is 1. The molecule has 2 rings (SSSR count). The molecule has 0 fully saturated rings. The Balaban J connectivity index is 2.09. The maximum atomic E-state index is 12.5. The SMILES string of the molecule is CCCCCNc1nc(C)cc(C(=O)Nc2ccc(Cl)cc2C)n1. The van der Waals surface area contributed by atoms with Gasteiger partial charge in [-0.05, 0) is 50.1 Å². The van der Waals surface area contributed by atoms with Crippen LogP contribution >= 0.6 is 11.6 Å². The number of halogens is 1. The highest BCUT2D eigenvalue weighted by molar-refractivity contribution is 6.30. The fourth-order valence-electron chi connectivity index (χ4n) is 2.29. The number of amides is 1. The summed E-state index contributed by atoms with van der Waals surface area (Å²) in [6, 6.07) is 7.02. The van der Waals surface area contributed by atoms with Gasteiger partial charge in [-0.15, -0.1) is 0 Å². The highest BCUT2D eigenvalue weighted by Crippen LogP contribution is 2.20. The number of anilines is 2. The van der Waals surface area contributed by atoms with Gasteiger partial charge < -0.3 is 10.6 Å². The van der Waals surface area contributed by atoms with E-state index in [1.54, 1.807) is 18.2 Å². The van der Waals surface area contributed by atoms with Gasteiger partial charge in [0.2, 0.25) is 5.95 Å². The summed E-state index contributed by atoms with van der Waals surface area (Å²) in [5.41, 5.74) is 2.72. The topological polar surface area (TPSA) is 66.9 Å². The summed E-state index contributed by atoms with van der Waals surface area (Å²) >= 11 is 5.94. The van der Waals surface area contributed by atoms with Crippen LogP contribution in [0.1, 0.15) is 47.9 Å². The molecule has 0 bridgehead atoms. The molecular formula is C18H23ClN4O. The van der Waals surface area contributed by atoms with Crippen molar-refractivity contribution in [3.05, 3.63) is 46.2 Å². The van der Waals surface area contributed by atoms with Crippen molar-refractivity contribution < 1.29 is 4.79 Å². The molecule has 1 amide bonds. The van der Waals surface area contributed by atoms with Crippen molar-refractivity contribution >= 4 is 29.1 Å². The maximum absolute atomic E-state index is 12.5. The fraction of sp³-hybridized carbons (Fsp3) is 0.389. The number of aryl methyl sites for hydroxylation is 2. The van der Waals surface area contributed by atoms with E-state index >= 15 is 0 Å². The van der Waals surface area contributed by atoms with Crippen molar-refractivity contribution in [3.8, 4) is 0 Å². The van der Waals surface area contributed by atoms with Gasteiger partial charge in [-0.1, -0.05) is 31.4 Å². The largest absolute Gasteiger partial charge is 0.354 e. The number of nitrogens with zero attached hydrogens (tertiary/aromatic N) is 2. The molecule has 0 radical (unpaired) electrons. The number of rotatable bonds is 7. The van der Waals surface area contributed by atoms with Gasteiger partial charge in [-0.25, -0.2) is 9.97 Å². The molecule has 6 heteroatoms. The Labute approximate surface area is 147 Å². The Hall–Kier alpha value is -2.14. The first-order valence-electron chi connectivity index (χ1n) is 8.16. The van der Waals surface area contributed by atoms with E-state index in [4.69, 9.17) is 11.6 Å². The zero-order valence-electron chi connectivity index (χ0n) is 14.3. The number of aromatic nitrogens is 2. The molecular weight excluding hydrogens is 324 g/mol. The summed E-state index contributed by atoms with van der Waals surface area (Å²) in [5.74, 6) is 0.228. The van der Waals surface area contributed by atoms with Crippen molar-refractivity contribution in [1.82, 2.24) is 9.97 Å². The van der Waals surface area contributed by atoms with Crippen molar-refractivity contribution in [2.24, 2.45) is 0 Å². The quantitative estimate of drug-likeness (QED) is 0.719. The Bertz CT molecular complexity index is 718. The van der Waals surface area contributed by atoms with Crippen LogP contribution in [-0.2, 0) is 0 Å². The zero-order valence-corrected chi connectivity index (χ0v) is 15.1. The van der Waals surface area contributed by atoms with Gasteiger partial charge in [0.25, 0.3) is 5.91 Å². The summed E-state index contributed by atoms with van der Waals surface area (Å²) in [6.45, 7) is 6.70. The molecule has 0 aliphatic heterocycles. The van der Waals surface area contributed by atoms with Crippen LogP contribution in [-0.4, -0.2) is 22.4 Å². The highest BCUT2D eigenvalue weighted by atomic mass is 35.5. The maximum Gasteiger partial charge on any atom is 0.274 e. The van der Waals surface area contributed by atoms with Crippen LogP contribution in [0.25, 0.3) is 0 Å². The molecule has 0 aliphatic carbocycles. The second-order valence-corrected chi connectivity index (χ2v) is 6.20. The number of hydrogen-bond acceptors (Lipinski definition) is 4. The molecule has 24 heavy (non-hydrogen) atoms. The van der Waals surface area contributed by atoms with E-state index in [0.29, 0.717) is 16.7 Å². The standard InChI is InChI=1S/C18H23ClN4O/c1-4-5-6-9-20-18-21-13(3)11-16(23-18)17(24)22-15-8-7-14(19)10-12(15)2/h7-8,10-11H,4-6,9H2,1-3H3,(H,22,24)(H,20,21,23). The first-order chi connectivity index (χ1) is 11.5. The number of unbranched alkanes of at least 4 members (excludes halogenated alkanes) is 2. The average Bonchev–Trinajstić information content (AvgIpc) is 2.53. The number of carbonyl (C=O) groups excluding carboxylic acids is 1. The van der Waals surface area contributed by atoms with Crippen molar-refractivity contribution in [1.29, 1.82) is 0 Å². The van der Waals surface area contributed by atoms with Crippen LogP contribution in [0, 0.1) is 13.8 Å². The Morgan fingerprint density at radius 3 is 2.67 bits per heavy atom. The lowest BCUT2D eigenvalue weighted by Gasteiger charge is -2.10. The minimum absolute atomic E-state index is 0.262. The number of hydrogen-bond donors (Lipinski definition) is 2. The summed E-state index contributed by atoms with van der Waals surface area (Å²) in [6.07, 6.45) is 3.37. The second-order valence-electron chi connectivity index (χ2n) is 5.77. The molecule has 1 aromatic carbocycles. The summed E-state index contributed by atoms with van der Waals surface area (Å²) < 4.78 is 0. The molecule has 0 aliphatic rings. The minimum atomic E-state index is -0.262.